The van der Waals surface area contributed by atoms with Gasteiger partial charge in [-0.2, -0.15) is 0 Å². The van der Waals surface area contributed by atoms with Crippen LogP contribution >= 0.6 is 0 Å². The van der Waals surface area contributed by atoms with Crippen molar-refractivity contribution in [3.8, 4) is 0 Å². The van der Waals surface area contributed by atoms with Gasteiger partial charge >= 0.3 is 0 Å². The number of β-amino-alcohol motifs (C(OH)–C–C–N with tert-alkyl or cyclic N) is 1. The molecule has 0 aromatic heterocycles. The van der Waals surface area contributed by atoms with E-state index in [-0.39, 0.29) is 0 Å². The zero-order valence-electron chi connectivity index (χ0n) is 12.5. The molecular formula is C15H30N2O. The molecule has 0 spiro atoms. The lowest BCUT2D eigenvalue weighted by atomic mass is 9.83. The Morgan fingerprint density at radius 3 is 2.67 bits per heavy atom. The van der Waals surface area contributed by atoms with E-state index in [2.05, 4.69) is 30.7 Å². The Morgan fingerprint density at radius 2 is 2.00 bits per heavy atom. The summed E-state index contributed by atoms with van der Waals surface area (Å²) in [6.07, 6.45) is 3.98. The van der Waals surface area contributed by atoms with Crippen molar-refractivity contribution in [3.63, 3.8) is 0 Å². The Labute approximate surface area is 112 Å². The fourth-order valence-corrected chi connectivity index (χ4v) is 3.51. The molecule has 0 amide bonds. The quantitative estimate of drug-likeness (QED) is 0.832. The predicted molar refractivity (Wildman–Crippen MR) is 75.7 cm³/mol. The van der Waals surface area contributed by atoms with Crippen molar-refractivity contribution in [3.05, 3.63) is 0 Å². The molecule has 2 rings (SSSR count). The standard InChI is InChI=1S/C15H30N2O/c1-12(2)15(3,18)11-17-9-7-14-13(10-17)6-5-8-16(14)4/h12-14,18H,5-11H2,1-4H3. The van der Waals surface area contributed by atoms with Crippen LogP contribution in [0, 0.1) is 11.8 Å². The normalized spacial score (nSPS) is 34.3. The van der Waals surface area contributed by atoms with Crippen LogP contribution in [0.15, 0.2) is 0 Å². The van der Waals surface area contributed by atoms with E-state index in [0.29, 0.717) is 5.92 Å². The molecule has 0 aromatic rings. The highest BCUT2D eigenvalue weighted by molar-refractivity contribution is 4.91. The number of rotatable bonds is 3. The maximum Gasteiger partial charge on any atom is 0.0768 e. The summed E-state index contributed by atoms with van der Waals surface area (Å²) in [5.41, 5.74) is -0.548. The minimum Gasteiger partial charge on any atom is -0.389 e. The first-order valence-electron chi connectivity index (χ1n) is 7.55. The van der Waals surface area contributed by atoms with Gasteiger partial charge in [-0.05, 0) is 58.2 Å². The number of nitrogens with zero attached hydrogens (tertiary/aromatic N) is 2. The lowest BCUT2D eigenvalue weighted by Crippen LogP contribution is -2.55. The molecule has 2 heterocycles. The minimum absolute atomic E-state index is 0.323. The molecular weight excluding hydrogens is 224 g/mol. The zero-order chi connectivity index (χ0) is 13.3. The molecule has 0 bridgehead atoms. The van der Waals surface area contributed by atoms with E-state index in [4.69, 9.17) is 0 Å². The molecule has 2 aliphatic rings. The molecule has 2 saturated heterocycles. The van der Waals surface area contributed by atoms with E-state index >= 15 is 0 Å². The van der Waals surface area contributed by atoms with Crippen molar-refractivity contribution in [1.82, 2.24) is 9.80 Å². The summed E-state index contributed by atoms with van der Waals surface area (Å²) in [6.45, 7) is 10.6. The topological polar surface area (TPSA) is 26.7 Å². The molecule has 0 saturated carbocycles. The van der Waals surface area contributed by atoms with Gasteiger partial charge in [-0.15, -0.1) is 0 Å². The van der Waals surface area contributed by atoms with E-state index in [0.717, 1.165) is 25.0 Å². The second kappa shape index (κ2) is 5.48. The third kappa shape index (κ3) is 3.06. The molecule has 2 aliphatic heterocycles. The average molecular weight is 254 g/mol. The van der Waals surface area contributed by atoms with E-state index in [9.17, 15) is 5.11 Å². The van der Waals surface area contributed by atoms with E-state index in [1.54, 1.807) is 0 Å². The lowest BCUT2D eigenvalue weighted by molar-refractivity contribution is -0.0432. The van der Waals surface area contributed by atoms with Crippen LogP contribution in [0.5, 0.6) is 0 Å². The Bertz CT molecular complexity index is 278. The van der Waals surface area contributed by atoms with Crippen LogP contribution in [0.4, 0.5) is 0 Å². The van der Waals surface area contributed by atoms with Crippen molar-refractivity contribution < 1.29 is 5.11 Å². The fraction of sp³-hybridized carbons (Fsp3) is 1.00. The van der Waals surface area contributed by atoms with Crippen LogP contribution in [-0.2, 0) is 0 Å². The molecule has 106 valence electrons. The summed E-state index contributed by atoms with van der Waals surface area (Å²) in [5, 5.41) is 10.4. The molecule has 2 fully saturated rings. The van der Waals surface area contributed by atoms with Gasteiger partial charge in [0.2, 0.25) is 0 Å². The fourth-order valence-electron chi connectivity index (χ4n) is 3.51. The van der Waals surface area contributed by atoms with Crippen molar-refractivity contribution in [2.75, 3.05) is 33.2 Å². The van der Waals surface area contributed by atoms with Crippen molar-refractivity contribution >= 4 is 0 Å². The Balaban J connectivity index is 1.91. The van der Waals surface area contributed by atoms with Crippen LogP contribution < -0.4 is 0 Å². The number of likely N-dealkylation sites (tertiary alicyclic amines) is 2. The monoisotopic (exact) mass is 254 g/mol. The molecule has 3 heteroatoms. The molecule has 3 unspecified atom stereocenters. The SMILES string of the molecule is CC(C)C(C)(O)CN1CCC2C(CCCN2C)C1. The molecule has 18 heavy (non-hydrogen) atoms. The largest absolute Gasteiger partial charge is 0.389 e. The summed E-state index contributed by atoms with van der Waals surface area (Å²) >= 11 is 0. The lowest BCUT2D eigenvalue weighted by Gasteiger charge is -2.47. The van der Waals surface area contributed by atoms with Crippen molar-refractivity contribution in [2.45, 2.75) is 51.7 Å². The molecule has 3 nitrogen and oxygen atoms in total. The van der Waals surface area contributed by atoms with Gasteiger partial charge in [0.25, 0.3) is 0 Å². The highest BCUT2D eigenvalue weighted by Gasteiger charge is 2.36. The van der Waals surface area contributed by atoms with E-state index in [1.807, 2.05) is 6.92 Å². The van der Waals surface area contributed by atoms with Crippen LogP contribution in [0.2, 0.25) is 0 Å². The maximum absolute atomic E-state index is 10.4. The number of hydrogen-bond acceptors (Lipinski definition) is 3. The zero-order valence-corrected chi connectivity index (χ0v) is 12.5. The second-order valence-electron chi connectivity index (χ2n) is 6.99. The van der Waals surface area contributed by atoms with Crippen LogP contribution in [0.3, 0.4) is 0 Å². The summed E-state index contributed by atoms with van der Waals surface area (Å²) in [5.74, 6) is 1.14. The first-order chi connectivity index (χ1) is 8.40. The van der Waals surface area contributed by atoms with Crippen molar-refractivity contribution in [2.24, 2.45) is 11.8 Å². The molecule has 0 aromatic carbocycles. The molecule has 0 radical (unpaired) electrons. The Kier molecular flexibility index (Phi) is 4.35. The number of hydrogen-bond donors (Lipinski definition) is 1. The van der Waals surface area contributed by atoms with E-state index < -0.39 is 5.60 Å². The number of piperidine rings is 2. The van der Waals surface area contributed by atoms with Gasteiger partial charge in [0.05, 0.1) is 5.60 Å². The smallest absolute Gasteiger partial charge is 0.0768 e. The third-order valence-electron chi connectivity index (χ3n) is 5.22. The maximum atomic E-state index is 10.4. The van der Waals surface area contributed by atoms with Gasteiger partial charge in [0.1, 0.15) is 0 Å². The second-order valence-corrected chi connectivity index (χ2v) is 6.99. The van der Waals surface area contributed by atoms with Crippen LogP contribution in [-0.4, -0.2) is 59.8 Å². The van der Waals surface area contributed by atoms with E-state index in [1.165, 1.54) is 32.4 Å². The average Bonchev–Trinajstić information content (AvgIpc) is 2.28. The van der Waals surface area contributed by atoms with Gasteiger partial charge in [-0.3, -0.25) is 0 Å². The van der Waals surface area contributed by atoms with Crippen molar-refractivity contribution in [1.29, 1.82) is 0 Å². The third-order valence-corrected chi connectivity index (χ3v) is 5.22. The molecule has 1 N–H and O–H groups in total. The van der Waals surface area contributed by atoms with Gasteiger partial charge in [-0.1, -0.05) is 13.8 Å². The van der Waals surface area contributed by atoms with Gasteiger partial charge < -0.3 is 14.9 Å². The van der Waals surface area contributed by atoms with Crippen LogP contribution in [0.1, 0.15) is 40.0 Å². The minimum atomic E-state index is -0.548. The summed E-state index contributed by atoms with van der Waals surface area (Å²) in [7, 11) is 2.27. The first kappa shape index (κ1) is 14.3. The molecule has 0 aliphatic carbocycles. The highest BCUT2D eigenvalue weighted by atomic mass is 16.3. The first-order valence-corrected chi connectivity index (χ1v) is 7.55. The molecule has 3 atom stereocenters. The summed E-state index contributed by atoms with van der Waals surface area (Å²) in [6, 6.07) is 0.791. The van der Waals surface area contributed by atoms with Gasteiger partial charge in [-0.25, -0.2) is 0 Å². The Hall–Kier alpha value is -0.120. The van der Waals surface area contributed by atoms with Crippen LogP contribution in [0.25, 0.3) is 0 Å². The summed E-state index contributed by atoms with van der Waals surface area (Å²) in [4.78, 5) is 5.03. The number of aliphatic hydroxyl groups is 1. The van der Waals surface area contributed by atoms with Gasteiger partial charge in [0.15, 0.2) is 0 Å². The predicted octanol–water partition coefficient (Wildman–Crippen LogP) is 1.81. The number of fused-ring (bicyclic) bond motifs is 1. The Morgan fingerprint density at radius 1 is 1.28 bits per heavy atom. The summed E-state index contributed by atoms with van der Waals surface area (Å²) < 4.78 is 0. The highest BCUT2D eigenvalue weighted by Crippen LogP contribution is 2.30. The van der Waals surface area contributed by atoms with Gasteiger partial charge in [0, 0.05) is 19.1 Å².